The van der Waals surface area contributed by atoms with Crippen molar-refractivity contribution in [3.8, 4) is 0 Å². The zero-order valence-electron chi connectivity index (χ0n) is 12.0. The van der Waals surface area contributed by atoms with Gasteiger partial charge in [0.05, 0.1) is 0 Å². The molecule has 1 saturated carbocycles. The molecule has 1 heterocycles. The predicted octanol–water partition coefficient (Wildman–Crippen LogP) is 2.90. The van der Waals surface area contributed by atoms with Crippen LogP contribution in [0.25, 0.3) is 0 Å². The van der Waals surface area contributed by atoms with E-state index in [2.05, 4.69) is 34.2 Å². The van der Waals surface area contributed by atoms with Gasteiger partial charge in [-0.25, -0.2) is 9.97 Å². The van der Waals surface area contributed by atoms with Crippen molar-refractivity contribution in [2.75, 3.05) is 25.5 Å². The summed E-state index contributed by atoms with van der Waals surface area (Å²) < 4.78 is 0. The summed E-state index contributed by atoms with van der Waals surface area (Å²) >= 11 is 6.16. The van der Waals surface area contributed by atoms with E-state index in [1.807, 2.05) is 6.92 Å². The number of anilines is 1. The molecule has 0 atom stereocenters. The predicted molar refractivity (Wildman–Crippen MR) is 79.9 cm³/mol. The van der Waals surface area contributed by atoms with Crippen molar-refractivity contribution in [1.82, 2.24) is 14.9 Å². The molecule has 0 radical (unpaired) electrons. The van der Waals surface area contributed by atoms with E-state index in [0.717, 1.165) is 49.2 Å². The Bertz CT molecular complexity index is 432. The molecule has 106 valence electrons. The molecule has 1 N–H and O–H groups in total. The summed E-state index contributed by atoms with van der Waals surface area (Å²) in [6.45, 7) is 6.02. The molecule has 0 aromatic carbocycles. The molecule has 5 heteroatoms. The third kappa shape index (κ3) is 4.05. The Morgan fingerprint density at radius 2 is 2.11 bits per heavy atom. The standard InChI is InChI=1S/C14H23ClN4/c1-4-5-12-17-13(15)10(2)14(18-12)16-8-9-19(3)11-6-7-11/h11H,4-9H2,1-3H3,(H,16,17,18). The third-order valence-corrected chi connectivity index (χ3v) is 3.90. The summed E-state index contributed by atoms with van der Waals surface area (Å²) in [4.78, 5) is 11.3. The van der Waals surface area contributed by atoms with E-state index >= 15 is 0 Å². The second-order valence-electron chi connectivity index (χ2n) is 5.29. The fraction of sp³-hybridized carbons (Fsp3) is 0.714. The van der Waals surface area contributed by atoms with Gasteiger partial charge < -0.3 is 10.2 Å². The molecular weight excluding hydrogens is 260 g/mol. The second kappa shape index (κ2) is 6.53. The molecule has 4 nitrogen and oxygen atoms in total. The van der Waals surface area contributed by atoms with Crippen molar-refractivity contribution in [3.05, 3.63) is 16.5 Å². The molecule has 1 aromatic rings. The van der Waals surface area contributed by atoms with Crippen LogP contribution >= 0.6 is 11.6 Å². The van der Waals surface area contributed by atoms with Gasteiger partial charge in [0.15, 0.2) is 0 Å². The highest BCUT2D eigenvalue weighted by molar-refractivity contribution is 6.30. The van der Waals surface area contributed by atoms with Gasteiger partial charge in [-0.1, -0.05) is 18.5 Å². The minimum atomic E-state index is 0.566. The largest absolute Gasteiger partial charge is 0.368 e. The van der Waals surface area contributed by atoms with Crippen LogP contribution < -0.4 is 5.32 Å². The Hall–Kier alpha value is -0.870. The summed E-state index contributed by atoms with van der Waals surface area (Å²) in [5.74, 6) is 1.71. The highest BCUT2D eigenvalue weighted by Gasteiger charge is 2.25. The Morgan fingerprint density at radius 3 is 2.74 bits per heavy atom. The van der Waals surface area contributed by atoms with Gasteiger partial charge in [-0.3, -0.25) is 0 Å². The molecule has 0 aliphatic heterocycles. The zero-order valence-corrected chi connectivity index (χ0v) is 12.8. The van der Waals surface area contributed by atoms with Crippen molar-refractivity contribution in [2.45, 2.75) is 45.6 Å². The quantitative estimate of drug-likeness (QED) is 0.781. The maximum Gasteiger partial charge on any atom is 0.137 e. The average molecular weight is 283 g/mol. The van der Waals surface area contributed by atoms with Crippen molar-refractivity contribution in [1.29, 1.82) is 0 Å². The number of halogens is 1. The topological polar surface area (TPSA) is 41.1 Å². The van der Waals surface area contributed by atoms with E-state index < -0.39 is 0 Å². The number of aromatic nitrogens is 2. The fourth-order valence-electron chi connectivity index (χ4n) is 2.09. The van der Waals surface area contributed by atoms with Crippen molar-refractivity contribution in [3.63, 3.8) is 0 Å². The normalized spacial score (nSPS) is 15.0. The van der Waals surface area contributed by atoms with E-state index in [4.69, 9.17) is 11.6 Å². The van der Waals surface area contributed by atoms with Crippen molar-refractivity contribution < 1.29 is 0 Å². The van der Waals surface area contributed by atoms with Gasteiger partial charge in [-0.2, -0.15) is 0 Å². The molecule has 1 aromatic heterocycles. The first-order valence-electron chi connectivity index (χ1n) is 7.09. The molecule has 1 aliphatic carbocycles. The number of nitrogens with zero attached hydrogens (tertiary/aromatic N) is 3. The number of hydrogen-bond acceptors (Lipinski definition) is 4. The molecule has 1 fully saturated rings. The minimum absolute atomic E-state index is 0.566. The van der Waals surface area contributed by atoms with Crippen LogP contribution in [0.3, 0.4) is 0 Å². The Balaban J connectivity index is 1.93. The summed E-state index contributed by atoms with van der Waals surface area (Å²) in [6, 6.07) is 0.799. The first kappa shape index (κ1) is 14.5. The number of likely N-dealkylation sites (N-methyl/N-ethyl adjacent to an activating group) is 1. The highest BCUT2D eigenvalue weighted by atomic mass is 35.5. The molecule has 0 spiro atoms. The number of rotatable bonds is 7. The summed E-state index contributed by atoms with van der Waals surface area (Å²) in [7, 11) is 2.18. The van der Waals surface area contributed by atoms with E-state index in [1.54, 1.807) is 0 Å². The summed E-state index contributed by atoms with van der Waals surface area (Å²) in [6.07, 6.45) is 4.59. The van der Waals surface area contributed by atoms with Gasteiger partial charge in [-0.05, 0) is 33.2 Å². The maximum absolute atomic E-state index is 6.16. The summed E-state index contributed by atoms with van der Waals surface area (Å²) in [5.41, 5.74) is 0.940. The Labute approximate surface area is 120 Å². The highest BCUT2D eigenvalue weighted by Crippen LogP contribution is 2.25. The lowest BCUT2D eigenvalue weighted by Gasteiger charge is -2.17. The average Bonchev–Trinajstić information content (AvgIpc) is 3.19. The molecular formula is C14H23ClN4. The lowest BCUT2D eigenvalue weighted by atomic mass is 10.3. The molecule has 0 bridgehead atoms. The van der Waals surface area contributed by atoms with Crippen LogP contribution in [0, 0.1) is 6.92 Å². The van der Waals surface area contributed by atoms with Crippen LogP contribution in [-0.2, 0) is 6.42 Å². The molecule has 19 heavy (non-hydrogen) atoms. The number of hydrogen-bond donors (Lipinski definition) is 1. The lowest BCUT2D eigenvalue weighted by Crippen LogP contribution is -2.27. The van der Waals surface area contributed by atoms with Crippen LogP contribution in [0.5, 0.6) is 0 Å². The smallest absolute Gasteiger partial charge is 0.137 e. The van der Waals surface area contributed by atoms with Crippen LogP contribution in [0.2, 0.25) is 5.15 Å². The van der Waals surface area contributed by atoms with Crippen LogP contribution in [0.1, 0.15) is 37.6 Å². The van der Waals surface area contributed by atoms with Gasteiger partial charge in [0.2, 0.25) is 0 Å². The Morgan fingerprint density at radius 1 is 1.37 bits per heavy atom. The zero-order chi connectivity index (χ0) is 13.8. The Kier molecular flexibility index (Phi) is 4.99. The van der Waals surface area contributed by atoms with E-state index in [9.17, 15) is 0 Å². The van der Waals surface area contributed by atoms with E-state index in [1.165, 1.54) is 12.8 Å². The SMILES string of the molecule is CCCc1nc(Cl)c(C)c(NCCN(C)C2CC2)n1. The number of aryl methyl sites for hydroxylation is 1. The van der Waals surface area contributed by atoms with Gasteiger partial charge in [0, 0.05) is 31.1 Å². The van der Waals surface area contributed by atoms with Crippen LogP contribution in [0.15, 0.2) is 0 Å². The monoisotopic (exact) mass is 282 g/mol. The fourth-order valence-corrected chi connectivity index (χ4v) is 2.28. The molecule has 0 amide bonds. The van der Waals surface area contributed by atoms with Crippen molar-refractivity contribution >= 4 is 17.4 Å². The molecule has 0 saturated heterocycles. The van der Waals surface area contributed by atoms with Crippen LogP contribution in [0.4, 0.5) is 5.82 Å². The van der Waals surface area contributed by atoms with Gasteiger partial charge in [-0.15, -0.1) is 0 Å². The maximum atomic E-state index is 6.16. The summed E-state index contributed by atoms with van der Waals surface area (Å²) in [5, 5.41) is 3.96. The first-order chi connectivity index (χ1) is 9.11. The third-order valence-electron chi connectivity index (χ3n) is 3.53. The van der Waals surface area contributed by atoms with Gasteiger partial charge in [0.25, 0.3) is 0 Å². The van der Waals surface area contributed by atoms with Gasteiger partial charge in [0.1, 0.15) is 16.8 Å². The van der Waals surface area contributed by atoms with E-state index in [-0.39, 0.29) is 0 Å². The van der Waals surface area contributed by atoms with E-state index in [0.29, 0.717) is 5.15 Å². The molecule has 1 aliphatic rings. The lowest BCUT2D eigenvalue weighted by molar-refractivity contribution is 0.337. The minimum Gasteiger partial charge on any atom is -0.368 e. The van der Waals surface area contributed by atoms with Crippen molar-refractivity contribution in [2.24, 2.45) is 0 Å². The number of nitrogens with one attached hydrogen (secondary N) is 1. The molecule has 0 unspecified atom stereocenters. The van der Waals surface area contributed by atoms with Crippen LogP contribution in [-0.4, -0.2) is 41.0 Å². The van der Waals surface area contributed by atoms with Gasteiger partial charge >= 0.3 is 0 Å². The first-order valence-corrected chi connectivity index (χ1v) is 7.46. The second-order valence-corrected chi connectivity index (χ2v) is 5.65. The molecule has 2 rings (SSSR count).